The fourth-order valence-corrected chi connectivity index (χ4v) is 3.56. The predicted octanol–water partition coefficient (Wildman–Crippen LogP) is 0.982. The lowest BCUT2D eigenvalue weighted by Crippen LogP contribution is -2.33. The van der Waals surface area contributed by atoms with E-state index in [2.05, 4.69) is 0 Å². The zero-order valence-electron chi connectivity index (χ0n) is 9.19. The Morgan fingerprint density at radius 3 is 2.33 bits per heavy atom. The van der Waals surface area contributed by atoms with Crippen molar-refractivity contribution in [2.75, 3.05) is 13.1 Å². The lowest BCUT2D eigenvalue weighted by molar-refractivity contribution is -0.132. The van der Waals surface area contributed by atoms with Crippen molar-refractivity contribution in [3.05, 3.63) is 0 Å². The fourth-order valence-electron chi connectivity index (χ4n) is 3.56. The number of rotatable bonds is 1. The van der Waals surface area contributed by atoms with Crippen molar-refractivity contribution in [1.29, 1.82) is 0 Å². The van der Waals surface area contributed by atoms with Crippen molar-refractivity contribution in [3.63, 3.8) is 0 Å². The Morgan fingerprint density at radius 2 is 1.80 bits per heavy atom. The van der Waals surface area contributed by atoms with Gasteiger partial charge in [-0.05, 0) is 31.1 Å². The van der Waals surface area contributed by atoms with Crippen molar-refractivity contribution in [2.45, 2.75) is 38.1 Å². The molecule has 2 N–H and O–H groups in total. The smallest absolute Gasteiger partial charge is 0.226 e. The van der Waals surface area contributed by atoms with E-state index in [1.165, 1.54) is 25.7 Å². The third kappa shape index (κ3) is 1.57. The van der Waals surface area contributed by atoms with Gasteiger partial charge in [-0.25, -0.2) is 0 Å². The first-order chi connectivity index (χ1) is 7.27. The molecule has 3 fully saturated rings. The molecule has 3 aliphatic rings. The second-order valence-corrected chi connectivity index (χ2v) is 5.47. The Kier molecular flexibility index (Phi) is 2.23. The molecular weight excluding hydrogens is 188 g/mol. The third-order valence-electron chi connectivity index (χ3n) is 4.48. The van der Waals surface area contributed by atoms with Crippen LogP contribution in [0.5, 0.6) is 0 Å². The third-order valence-corrected chi connectivity index (χ3v) is 4.48. The van der Waals surface area contributed by atoms with Gasteiger partial charge in [0, 0.05) is 25.0 Å². The predicted molar refractivity (Wildman–Crippen MR) is 58.1 cm³/mol. The molecule has 1 heterocycles. The molecule has 84 valence electrons. The minimum atomic E-state index is 0.231. The normalized spacial score (nSPS) is 43.9. The van der Waals surface area contributed by atoms with Gasteiger partial charge in [-0.3, -0.25) is 4.79 Å². The van der Waals surface area contributed by atoms with Crippen LogP contribution >= 0.6 is 0 Å². The van der Waals surface area contributed by atoms with E-state index in [4.69, 9.17) is 5.73 Å². The number of hydrogen-bond acceptors (Lipinski definition) is 2. The first kappa shape index (κ1) is 9.64. The summed E-state index contributed by atoms with van der Waals surface area (Å²) in [7, 11) is 0. The SMILES string of the molecule is N[C@H]1CCN(C(=O)C2C3CCCCC32)C1. The van der Waals surface area contributed by atoms with Crippen LogP contribution in [0.1, 0.15) is 32.1 Å². The quantitative estimate of drug-likeness (QED) is 0.698. The molecule has 0 spiro atoms. The molecule has 3 nitrogen and oxygen atoms in total. The lowest BCUT2D eigenvalue weighted by atomic mass is 10.0. The van der Waals surface area contributed by atoms with Gasteiger partial charge in [0.05, 0.1) is 0 Å². The van der Waals surface area contributed by atoms with Gasteiger partial charge < -0.3 is 10.6 Å². The first-order valence-corrected chi connectivity index (χ1v) is 6.32. The molecular formula is C12H20N2O. The van der Waals surface area contributed by atoms with Crippen molar-refractivity contribution in [3.8, 4) is 0 Å². The Morgan fingerprint density at radius 1 is 1.13 bits per heavy atom. The molecule has 0 aromatic carbocycles. The molecule has 2 saturated carbocycles. The van der Waals surface area contributed by atoms with Gasteiger partial charge in [0.15, 0.2) is 0 Å². The van der Waals surface area contributed by atoms with E-state index in [-0.39, 0.29) is 6.04 Å². The maximum Gasteiger partial charge on any atom is 0.226 e. The zero-order chi connectivity index (χ0) is 10.4. The first-order valence-electron chi connectivity index (χ1n) is 6.32. The lowest BCUT2D eigenvalue weighted by Gasteiger charge is -2.15. The summed E-state index contributed by atoms with van der Waals surface area (Å²) in [4.78, 5) is 14.2. The van der Waals surface area contributed by atoms with E-state index in [0.29, 0.717) is 11.8 Å². The topological polar surface area (TPSA) is 46.3 Å². The van der Waals surface area contributed by atoms with E-state index in [0.717, 1.165) is 31.3 Å². The highest BCUT2D eigenvalue weighted by Gasteiger charge is 2.56. The Labute approximate surface area is 91.0 Å². The van der Waals surface area contributed by atoms with Crippen LogP contribution < -0.4 is 5.73 Å². The van der Waals surface area contributed by atoms with Crippen molar-refractivity contribution < 1.29 is 4.79 Å². The molecule has 3 atom stereocenters. The Hall–Kier alpha value is -0.570. The number of likely N-dealkylation sites (tertiary alicyclic amines) is 1. The van der Waals surface area contributed by atoms with Crippen LogP contribution in [-0.4, -0.2) is 29.9 Å². The number of carbonyl (C=O) groups is 1. The zero-order valence-corrected chi connectivity index (χ0v) is 9.19. The van der Waals surface area contributed by atoms with E-state index in [1.54, 1.807) is 0 Å². The van der Waals surface area contributed by atoms with Gasteiger partial charge in [0.2, 0.25) is 5.91 Å². The molecule has 1 aliphatic heterocycles. The molecule has 0 aromatic rings. The van der Waals surface area contributed by atoms with Crippen LogP contribution in [0.4, 0.5) is 0 Å². The molecule has 3 rings (SSSR count). The standard InChI is InChI=1S/C12H20N2O/c13-8-5-6-14(7-8)12(15)11-9-3-1-2-4-10(9)11/h8-11H,1-7,13H2/t8-,9?,10?,11?/m0/s1. The molecule has 15 heavy (non-hydrogen) atoms. The highest BCUT2D eigenvalue weighted by Crippen LogP contribution is 2.56. The molecule has 1 amide bonds. The van der Waals surface area contributed by atoms with Crippen LogP contribution in [0, 0.1) is 17.8 Å². The monoisotopic (exact) mass is 208 g/mol. The van der Waals surface area contributed by atoms with E-state index in [1.807, 2.05) is 4.90 Å². The summed E-state index contributed by atoms with van der Waals surface area (Å²) in [6.45, 7) is 1.70. The van der Waals surface area contributed by atoms with Crippen LogP contribution in [0.15, 0.2) is 0 Å². The molecule has 3 heteroatoms. The van der Waals surface area contributed by atoms with E-state index >= 15 is 0 Å². The maximum atomic E-state index is 12.2. The van der Waals surface area contributed by atoms with Gasteiger partial charge in [0.1, 0.15) is 0 Å². The summed E-state index contributed by atoms with van der Waals surface area (Å²) in [6.07, 6.45) is 6.25. The number of nitrogens with two attached hydrogens (primary N) is 1. The summed E-state index contributed by atoms with van der Waals surface area (Å²) >= 11 is 0. The fraction of sp³-hybridized carbons (Fsp3) is 0.917. The van der Waals surface area contributed by atoms with E-state index < -0.39 is 0 Å². The average Bonchev–Trinajstić information content (AvgIpc) is 2.82. The van der Waals surface area contributed by atoms with Gasteiger partial charge in [-0.15, -0.1) is 0 Å². The Bertz CT molecular complexity index is 267. The second kappa shape index (κ2) is 3.48. The average molecular weight is 208 g/mol. The number of amides is 1. The molecule has 2 unspecified atom stereocenters. The molecule has 0 aromatic heterocycles. The summed E-state index contributed by atoms with van der Waals surface area (Å²) < 4.78 is 0. The number of carbonyl (C=O) groups excluding carboxylic acids is 1. The van der Waals surface area contributed by atoms with Crippen LogP contribution in [0.2, 0.25) is 0 Å². The van der Waals surface area contributed by atoms with Crippen LogP contribution in [0.3, 0.4) is 0 Å². The molecule has 2 aliphatic carbocycles. The highest BCUT2D eigenvalue weighted by atomic mass is 16.2. The minimum absolute atomic E-state index is 0.231. The van der Waals surface area contributed by atoms with Crippen molar-refractivity contribution in [1.82, 2.24) is 4.90 Å². The minimum Gasteiger partial charge on any atom is -0.341 e. The largest absolute Gasteiger partial charge is 0.341 e. The number of hydrogen-bond donors (Lipinski definition) is 1. The maximum absolute atomic E-state index is 12.2. The molecule has 0 radical (unpaired) electrons. The van der Waals surface area contributed by atoms with Gasteiger partial charge in [0.25, 0.3) is 0 Å². The Balaban J connectivity index is 1.61. The summed E-state index contributed by atoms with van der Waals surface area (Å²) in [6, 6.07) is 0.231. The van der Waals surface area contributed by atoms with Crippen molar-refractivity contribution in [2.24, 2.45) is 23.5 Å². The van der Waals surface area contributed by atoms with Gasteiger partial charge in [-0.2, -0.15) is 0 Å². The number of nitrogens with zero attached hydrogens (tertiary/aromatic N) is 1. The summed E-state index contributed by atoms with van der Waals surface area (Å²) in [5.41, 5.74) is 5.84. The molecule has 1 saturated heterocycles. The van der Waals surface area contributed by atoms with E-state index in [9.17, 15) is 4.79 Å². The number of fused-ring (bicyclic) bond motifs is 1. The highest BCUT2D eigenvalue weighted by molar-refractivity contribution is 5.82. The van der Waals surface area contributed by atoms with Crippen LogP contribution in [-0.2, 0) is 4.79 Å². The summed E-state index contributed by atoms with van der Waals surface area (Å²) in [5, 5.41) is 0. The van der Waals surface area contributed by atoms with Gasteiger partial charge in [-0.1, -0.05) is 12.8 Å². The second-order valence-electron chi connectivity index (χ2n) is 5.47. The van der Waals surface area contributed by atoms with Crippen molar-refractivity contribution >= 4 is 5.91 Å². The van der Waals surface area contributed by atoms with Crippen LogP contribution in [0.25, 0.3) is 0 Å². The molecule has 0 bridgehead atoms. The summed E-state index contributed by atoms with van der Waals surface area (Å²) in [5.74, 6) is 2.28. The van der Waals surface area contributed by atoms with Gasteiger partial charge >= 0.3 is 0 Å².